The van der Waals surface area contributed by atoms with E-state index in [-0.39, 0.29) is 38.8 Å². The van der Waals surface area contributed by atoms with Gasteiger partial charge >= 0.3 is 0 Å². The van der Waals surface area contributed by atoms with E-state index in [9.17, 15) is 5.11 Å². The van der Waals surface area contributed by atoms with Gasteiger partial charge in [0.1, 0.15) is 0 Å². The molecule has 0 amide bonds. The zero-order chi connectivity index (χ0) is 15.5. The van der Waals surface area contributed by atoms with Gasteiger partial charge in [-0.15, -0.1) is 0 Å². The van der Waals surface area contributed by atoms with Gasteiger partial charge in [-0.2, -0.15) is 0 Å². The molecule has 0 aromatic heterocycles. The van der Waals surface area contributed by atoms with Crippen LogP contribution in [0.3, 0.4) is 0 Å². The van der Waals surface area contributed by atoms with E-state index in [2.05, 4.69) is 13.0 Å². The van der Waals surface area contributed by atoms with Crippen LogP contribution in [0, 0.1) is 29.6 Å². The molecule has 3 aliphatic carbocycles. The molecule has 2 fully saturated rings. The summed E-state index contributed by atoms with van der Waals surface area (Å²) in [6.07, 6.45) is 16.2. The Labute approximate surface area is 169 Å². The summed E-state index contributed by atoms with van der Waals surface area (Å²) in [7, 11) is 5.82. The number of aliphatic hydroxyl groups excluding tert-OH is 1. The SMILES string of the molecule is [B]CC1CCC(C2CC=C(C3CCC(C)CC3O)CC2)CC1.[Y]. The minimum absolute atomic E-state index is 0. The molecule has 3 heteroatoms. The molecule has 3 aliphatic rings. The fourth-order valence-corrected chi connectivity index (χ4v) is 5.32. The molecule has 0 aliphatic heterocycles. The summed E-state index contributed by atoms with van der Waals surface area (Å²) in [4.78, 5) is 0. The standard InChI is InChI=1S/C20H33BO.Y/c1-14-2-11-19(20(22)12-14)18-9-7-17(8-10-18)16-5-3-15(13-21)4-6-16;/h9,14-17,19-20,22H,2-8,10-13H2,1H3;. The second kappa shape index (κ2) is 9.53. The minimum atomic E-state index is -0.0773. The van der Waals surface area contributed by atoms with Crippen LogP contribution in [0.4, 0.5) is 0 Å². The third-order valence-corrected chi connectivity index (χ3v) is 6.93. The first-order valence-electron chi connectivity index (χ1n) is 9.74. The molecule has 0 saturated heterocycles. The Bertz CT molecular complexity index is 389. The van der Waals surface area contributed by atoms with Crippen LogP contribution in [0.15, 0.2) is 11.6 Å². The van der Waals surface area contributed by atoms with Crippen molar-refractivity contribution in [3.63, 3.8) is 0 Å². The zero-order valence-electron chi connectivity index (χ0n) is 14.9. The van der Waals surface area contributed by atoms with Gasteiger partial charge in [0.2, 0.25) is 0 Å². The van der Waals surface area contributed by atoms with Crippen molar-refractivity contribution >= 4 is 7.85 Å². The average molecular weight is 389 g/mol. The van der Waals surface area contributed by atoms with Crippen LogP contribution in [0.5, 0.6) is 0 Å². The normalized spacial score (nSPS) is 41.7. The van der Waals surface area contributed by atoms with E-state index in [4.69, 9.17) is 7.85 Å². The molecule has 4 unspecified atom stereocenters. The second-order valence-corrected chi connectivity index (χ2v) is 8.42. The maximum atomic E-state index is 10.4. The molecule has 0 aromatic rings. The van der Waals surface area contributed by atoms with Crippen molar-refractivity contribution in [1.82, 2.24) is 0 Å². The first-order chi connectivity index (χ1) is 10.7. The molecule has 4 atom stereocenters. The Balaban J connectivity index is 0.00000192. The quantitative estimate of drug-likeness (QED) is 0.538. The average Bonchev–Trinajstić information content (AvgIpc) is 2.55. The van der Waals surface area contributed by atoms with Crippen LogP contribution in [-0.2, 0) is 32.7 Å². The fraction of sp³-hybridized carbons (Fsp3) is 0.900. The van der Waals surface area contributed by atoms with Crippen LogP contribution in [0.1, 0.15) is 71.1 Å². The van der Waals surface area contributed by atoms with Crippen LogP contribution in [-0.4, -0.2) is 19.1 Å². The summed E-state index contributed by atoms with van der Waals surface area (Å²) in [5, 5.41) is 10.4. The van der Waals surface area contributed by atoms with E-state index < -0.39 is 0 Å². The fourth-order valence-electron chi connectivity index (χ4n) is 5.32. The Hall–Kier alpha value is 0.869. The van der Waals surface area contributed by atoms with E-state index in [1.165, 1.54) is 57.8 Å². The number of hydrogen-bond acceptors (Lipinski definition) is 1. The first-order valence-corrected chi connectivity index (χ1v) is 9.74. The monoisotopic (exact) mass is 389 g/mol. The zero-order valence-corrected chi connectivity index (χ0v) is 17.8. The van der Waals surface area contributed by atoms with Gasteiger partial charge in [0.05, 0.1) is 14.0 Å². The molecule has 2 saturated carbocycles. The summed E-state index contributed by atoms with van der Waals surface area (Å²) in [5.74, 6) is 3.83. The molecular weight excluding hydrogens is 356 g/mol. The molecule has 3 rings (SSSR count). The van der Waals surface area contributed by atoms with Gasteiger partial charge in [-0.05, 0) is 75.0 Å². The van der Waals surface area contributed by atoms with Crippen molar-refractivity contribution in [2.24, 2.45) is 29.6 Å². The largest absolute Gasteiger partial charge is 0.392 e. The van der Waals surface area contributed by atoms with Crippen LogP contribution < -0.4 is 0 Å². The van der Waals surface area contributed by atoms with Gasteiger partial charge in [-0.1, -0.05) is 37.7 Å². The van der Waals surface area contributed by atoms with E-state index in [1.807, 2.05) is 0 Å². The Morgan fingerprint density at radius 2 is 1.78 bits per heavy atom. The third kappa shape index (κ3) is 5.18. The molecule has 1 N–H and O–H groups in total. The Morgan fingerprint density at radius 3 is 2.35 bits per heavy atom. The third-order valence-electron chi connectivity index (χ3n) is 6.93. The predicted octanol–water partition coefficient (Wildman–Crippen LogP) is 4.90. The Kier molecular flexibility index (Phi) is 8.37. The van der Waals surface area contributed by atoms with E-state index >= 15 is 0 Å². The van der Waals surface area contributed by atoms with Crippen molar-refractivity contribution < 1.29 is 37.8 Å². The maximum Gasteiger partial charge on any atom is 0.0656 e. The summed E-state index contributed by atoms with van der Waals surface area (Å²) in [5.41, 5.74) is 1.59. The molecule has 0 heterocycles. The summed E-state index contributed by atoms with van der Waals surface area (Å²) < 4.78 is 0. The minimum Gasteiger partial charge on any atom is -0.392 e. The number of aliphatic hydroxyl groups is 1. The van der Waals surface area contributed by atoms with E-state index in [0.29, 0.717) is 11.8 Å². The second-order valence-electron chi connectivity index (χ2n) is 8.42. The van der Waals surface area contributed by atoms with Crippen molar-refractivity contribution in [3.8, 4) is 0 Å². The summed E-state index contributed by atoms with van der Waals surface area (Å²) in [6.45, 7) is 2.28. The maximum absolute atomic E-state index is 10.4. The molecular formula is C20H33BOY. The summed E-state index contributed by atoms with van der Waals surface area (Å²) >= 11 is 0. The van der Waals surface area contributed by atoms with E-state index in [1.54, 1.807) is 5.57 Å². The van der Waals surface area contributed by atoms with Gasteiger partial charge in [0.15, 0.2) is 0 Å². The Morgan fingerprint density at radius 1 is 1.04 bits per heavy atom. The predicted molar refractivity (Wildman–Crippen MR) is 93.9 cm³/mol. The van der Waals surface area contributed by atoms with Gasteiger partial charge in [0.25, 0.3) is 0 Å². The van der Waals surface area contributed by atoms with Gasteiger partial charge in [-0.25, -0.2) is 0 Å². The number of allylic oxidation sites excluding steroid dienone is 1. The van der Waals surface area contributed by atoms with Crippen LogP contribution in [0.2, 0.25) is 6.32 Å². The van der Waals surface area contributed by atoms with Crippen molar-refractivity contribution in [3.05, 3.63) is 11.6 Å². The van der Waals surface area contributed by atoms with Crippen LogP contribution in [0.25, 0.3) is 0 Å². The topological polar surface area (TPSA) is 20.2 Å². The molecule has 0 spiro atoms. The number of rotatable bonds is 3. The first kappa shape index (κ1) is 20.2. The van der Waals surface area contributed by atoms with Crippen LogP contribution >= 0.6 is 0 Å². The molecule has 23 heavy (non-hydrogen) atoms. The molecule has 0 bridgehead atoms. The number of hydrogen-bond donors (Lipinski definition) is 1. The summed E-state index contributed by atoms with van der Waals surface area (Å²) in [6, 6.07) is 0. The van der Waals surface area contributed by atoms with E-state index in [0.717, 1.165) is 30.5 Å². The van der Waals surface area contributed by atoms with Crippen molar-refractivity contribution in [2.75, 3.05) is 0 Å². The van der Waals surface area contributed by atoms with Crippen molar-refractivity contribution in [1.29, 1.82) is 0 Å². The molecule has 3 radical (unpaired) electrons. The van der Waals surface area contributed by atoms with Gasteiger partial charge in [-0.3, -0.25) is 0 Å². The van der Waals surface area contributed by atoms with Crippen molar-refractivity contribution in [2.45, 2.75) is 83.6 Å². The smallest absolute Gasteiger partial charge is 0.0656 e. The van der Waals surface area contributed by atoms with Gasteiger partial charge in [0, 0.05) is 38.6 Å². The molecule has 125 valence electrons. The molecule has 1 nitrogen and oxygen atoms in total. The molecule has 0 aromatic carbocycles. The van der Waals surface area contributed by atoms with Gasteiger partial charge < -0.3 is 5.11 Å².